The van der Waals surface area contributed by atoms with Gasteiger partial charge in [-0.1, -0.05) is 18.2 Å². The van der Waals surface area contributed by atoms with E-state index in [9.17, 15) is 13.6 Å². The second-order valence-electron chi connectivity index (χ2n) is 5.14. The van der Waals surface area contributed by atoms with Crippen molar-refractivity contribution in [3.63, 3.8) is 0 Å². The van der Waals surface area contributed by atoms with Gasteiger partial charge in [-0.3, -0.25) is 4.79 Å². The van der Waals surface area contributed by atoms with Crippen LogP contribution >= 0.6 is 0 Å². The summed E-state index contributed by atoms with van der Waals surface area (Å²) in [5.74, 6) is -0.852. The molecule has 1 amide bonds. The molecule has 1 unspecified atom stereocenters. The number of para-hydroxylation sites is 1. The third-order valence-electron chi connectivity index (χ3n) is 3.54. The third kappa shape index (κ3) is 4.44. The van der Waals surface area contributed by atoms with Gasteiger partial charge in [-0.2, -0.15) is 14.0 Å². The summed E-state index contributed by atoms with van der Waals surface area (Å²) < 4.78 is 34.7. The minimum absolute atomic E-state index is 0.0407. The average Bonchev–Trinajstić information content (AvgIpc) is 2.61. The molecule has 130 valence electrons. The van der Waals surface area contributed by atoms with Crippen LogP contribution in [0.1, 0.15) is 34.5 Å². The zero-order valence-corrected chi connectivity index (χ0v) is 13.6. The van der Waals surface area contributed by atoms with Crippen molar-refractivity contribution in [3.05, 3.63) is 59.2 Å². The summed E-state index contributed by atoms with van der Waals surface area (Å²) in [5, 5.41) is 11.5. The fraction of sp³-hybridized carbons (Fsp3) is 0.222. The van der Waals surface area contributed by atoms with Crippen LogP contribution in [0.3, 0.4) is 0 Å². The Labute approximate surface area is 143 Å². The first-order valence-electron chi connectivity index (χ1n) is 7.39. The van der Waals surface area contributed by atoms with Crippen LogP contribution in [0.4, 0.5) is 8.78 Å². The zero-order valence-electron chi connectivity index (χ0n) is 13.6. The van der Waals surface area contributed by atoms with Gasteiger partial charge in [0.15, 0.2) is 11.5 Å². The van der Waals surface area contributed by atoms with Crippen LogP contribution in [0.2, 0.25) is 0 Å². The number of nitrogens with one attached hydrogen (secondary N) is 1. The minimum Gasteiger partial charge on any atom is -0.493 e. The molecule has 2 rings (SSSR count). The molecule has 0 bridgehead atoms. The van der Waals surface area contributed by atoms with E-state index < -0.39 is 18.6 Å². The molecule has 5 nitrogen and oxygen atoms in total. The van der Waals surface area contributed by atoms with Crippen molar-refractivity contribution in [2.45, 2.75) is 19.6 Å². The first-order valence-corrected chi connectivity index (χ1v) is 7.39. The SMILES string of the molecule is COc1cccc(C(=O)NC(C)c2ccc(C#N)cc2)c1OC(F)F. The summed E-state index contributed by atoms with van der Waals surface area (Å²) >= 11 is 0. The van der Waals surface area contributed by atoms with Gasteiger partial charge < -0.3 is 14.8 Å². The van der Waals surface area contributed by atoms with Crippen molar-refractivity contribution in [2.75, 3.05) is 7.11 Å². The van der Waals surface area contributed by atoms with Crippen LogP contribution in [0, 0.1) is 11.3 Å². The van der Waals surface area contributed by atoms with Crippen LogP contribution in [0.15, 0.2) is 42.5 Å². The molecular formula is C18H16F2N2O3. The molecule has 1 N–H and O–H groups in total. The molecule has 2 aromatic rings. The molecule has 0 saturated carbocycles. The lowest BCUT2D eigenvalue weighted by Crippen LogP contribution is -2.27. The number of carbonyl (C=O) groups excluding carboxylic acids is 1. The lowest BCUT2D eigenvalue weighted by molar-refractivity contribution is -0.0515. The van der Waals surface area contributed by atoms with E-state index in [0.29, 0.717) is 5.56 Å². The summed E-state index contributed by atoms with van der Waals surface area (Å²) in [7, 11) is 1.30. The molecule has 0 heterocycles. The highest BCUT2D eigenvalue weighted by molar-refractivity contribution is 5.98. The quantitative estimate of drug-likeness (QED) is 0.866. The molecule has 0 fully saturated rings. The smallest absolute Gasteiger partial charge is 0.387 e. The highest BCUT2D eigenvalue weighted by atomic mass is 19.3. The van der Waals surface area contributed by atoms with E-state index in [1.807, 2.05) is 6.07 Å². The van der Waals surface area contributed by atoms with Gasteiger partial charge in [0.1, 0.15) is 0 Å². The molecule has 1 atom stereocenters. The highest BCUT2D eigenvalue weighted by Crippen LogP contribution is 2.32. The van der Waals surface area contributed by atoms with Gasteiger partial charge in [0, 0.05) is 0 Å². The maximum absolute atomic E-state index is 12.6. The van der Waals surface area contributed by atoms with Gasteiger partial charge >= 0.3 is 6.61 Å². The van der Waals surface area contributed by atoms with Crippen molar-refractivity contribution >= 4 is 5.91 Å². The minimum atomic E-state index is -3.08. The van der Waals surface area contributed by atoms with E-state index >= 15 is 0 Å². The van der Waals surface area contributed by atoms with Gasteiger partial charge in [-0.15, -0.1) is 0 Å². The summed E-state index contributed by atoms with van der Waals surface area (Å²) in [6, 6.07) is 12.6. The molecule has 7 heteroatoms. The first kappa shape index (κ1) is 18.2. The van der Waals surface area contributed by atoms with Gasteiger partial charge in [0.25, 0.3) is 5.91 Å². The number of nitrogens with zero attached hydrogens (tertiary/aromatic N) is 1. The molecule has 0 aromatic heterocycles. The van der Waals surface area contributed by atoms with E-state index in [1.165, 1.54) is 25.3 Å². The summed E-state index contributed by atoms with van der Waals surface area (Å²) in [4.78, 5) is 12.5. The fourth-order valence-corrected chi connectivity index (χ4v) is 2.27. The van der Waals surface area contributed by atoms with Crippen LogP contribution in [-0.4, -0.2) is 19.6 Å². The Kier molecular flexibility index (Phi) is 5.90. The summed E-state index contributed by atoms with van der Waals surface area (Å²) in [6.45, 7) is -1.34. The number of methoxy groups -OCH3 is 1. The fourth-order valence-electron chi connectivity index (χ4n) is 2.27. The third-order valence-corrected chi connectivity index (χ3v) is 3.54. The predicted molar refractivity (Wildman–Crippen MR) is 86.7 cm³/mol. The lowest BCUT2D eigenvalue weighted by atomic mass is 10.1. The Morgan fingerprint density at radius 2 is 1.88 bits per heavy atom. The first-order chi connectivity index (χ1) is 12.0. The van der Waals surface area contributed by atoms with Crippen molar-refractivity contribution in [3.8, 4) is 17.6 Å². The lowest BCUT2D eigenvalue weighted by Gasteiger charge is -2.17. The molecular weight excluding hydrogens is 330 g/mol. The molecule has 0 radical (unpaired) electrons. The van der Waals surface area contributed by atoms with Crippen molar-refractivity contribution in [1.29, 1.82) is 5.26 Å². The van der Waals surface area contributed by atoms with Gasteiger partial charge in [0.2, 0.25) is 0 Å². The number of hydrogen-bond acceptors (Lipinski definition) is 4. The largest absolute Gasteiger partial charge is 0.493 e. The summed E-state index contributed by atoms with van der Waals surface area (Å²) in [5.41, 5.74) is 1.22. The van der Waals surface area contributed by atoms with E-state index in [1.54, 1.807) is 31.2 Å². The number of rotatable bonds is 6. The highest BCUT2D eigenvalue weighted by Gasteiger charge is 2.21. The number of benzene rings is 2. The maximum Gasteiger partial charge on any atom is 0.387 e. The Morgan fingerprint density at radius 3 is 2.44 bits per heavy atom. The van der Waals surface area contributed by atoms with E-state index in [2.05, 4.69) is 10.1 Å². The topological polar surface area (TPSA) is 71.3 Å². The molecule has 0 aliphatic heterocycles. The number of carbonyl (C=O) groups is 1. The molecule has 0 saturated heterocycles. The van der Waals surface area contributed by atoms with E-state index in [4.69, 9.17) is 10.00 Å². The average molecular weight is 346 g/mol. The van der Waals surface area contributed by atoms with Gasteiger partial charge in [-0.05, 0) is 36.8 Å². The second kappa shape index (κ2) is 8.11. The molecule has 0 aliphatic rings. The standard InChI is InChI=1S/C18H16F2N2O3/c1-11(13-8-6-12(10-21)7-9-13)22-17(23)14-4-3-5-15(24-2)16(14)25-18(19)20/h3-9,11,18H,1-2H3,(H,22,23). The maximum atomic E-state index is 12.6. The molecule has 2 aromatic carbocycles. The number of hydrogen-bond donors (Lipinski definition) is 1. The monoisotopic (exact) mass is 346 g/mol. The normalized spacial score (nSPS) is 11.5. The predicted octanol–water partition coefficient (Wildman–Crippen LogP) is 3.66. The van der Waals surface area contributed by atoms with E-state index in [0.717, 1.165) is 5.56 Å². The van der Waals surface area contributed by atoms with Crippen LogP contribution in [-0.2, 0) is 0 Å². The Bertz CT molecular complexity index is 786. The summed E-state index contributed by atoms with van der Waals surface area (Å²) in [6.07, 6.45) is 0. The number of alkyl halides is 2. The van der Waals surface area contributed by atoms with Crippen LogP contribution < -0.4 is 14.8 Å². The Hall–Kier alpha value is -3.14. The van der Waals surface area contributed by atoms with Gasteiger partial charge in [0.05, 0.1) is 30.3 Å². The molecule has 0 aliphatic carbocycles. The number of halogens is 2. The van der Waals surface area contributed by atoms with Crippen molar-refractivity contribution in [2.24, 2.45) is 0 Å². The number of amides is 1. The second-order valence-corrected chi connectivity index (χ2v) is 5.14. The van der Waals surface area contributed by atoms with Crippen LogP contribution in [0.25, 0.3) is 0 Å². The Morgan fingerprint density at radius 1 is 1.20 bits per heavy atom. The Balaban J connectivity index is 2.23. The van der Waals surface area contributed by atoms with Gasteiger partial charge in [-0.25, -0.2) is 0 Å². The number of nitriles is 1. The van der Waals surface area contributed by atoms with E-state index in [-0.39, 0.29) is 17.1 Å². The molecule has 0 spiro atoms. The molecule has 25 heavy (non-hydrogen) atoms. The van der Waals surface area contributed by atoms with Crippen molar-refractivity contribution < 1.29 is 23.0 Å². The van der Waals surface area contributed by atoms with Crippen molar-refractivity contribution in [1.82, 2.24) is 5.32 Å². The zero-order chi connectivity index (χ0) is 18.4. The number of ether oxygens (including phenoxy) is 2. The van der Waals surface area contributed by atoms with Crippen LogP contribution in [0.5, 0.6) is 11.5 Å².